The van der Waals surface area contributed by atoms with Crippen molar-refractivity contribution in [3.63, 3.8) is 0 Å². The maximum absolute atomic E-state index is 5.24. The minimum atomic E-state index is 0.373. The predicted octanol–water partition coefficient (Wildman–Crippen LogP) is 2.23. The summed E-state index contributed by atoms with van der Waals surface area (Å²) in [5, 5.41) is 0. The molecule has 0 aromatic heterocycles. The zero-order valence-electron chi connectivity index (χ0n) is 8.68. The molecule has 0 radical (unpaired) electrons. The number of unbranched alkanes of at least 4 members (excludes halogenated alkanes) is 1. The molecule has 0 aromatic rings. The van der Waals surface area contributed by atoms with Gasteiger partial charge in [-0.15, -0.1) is 12.3 Å². The van der Waals surface area contributed by atoms with Crippen LogP contribution in [0.1, 0.15) is 26.7 Å². The van der Waals surface area contributed by atoms with E-state index in [-0.39, 0.29) is 0 Å². The van der Waals surface area contributed by atoms with E-state index >= 15 is 0 Å². The molecule has 0 unspecified atom stereocenters. The summed E-state index contributed by atoms with van der Waals surface area (Å²) in [6.07, 6.45) is 7.30. The molecule has 1 nitrogen and oxygen atoms in total. The molecule has 0 aliphatic carbocycles. The van der Waals surface area contributed by atoms with Gasteiger partial charge in [-0.25, -0.2) is 0 Å². The van der Waals surface area contributed by atoms with Gasteiger partial charge in [0, 0.05) is 30.0 Å². The van der Waals surface area contributed by atoms with Gasteiger partial charge in [-0.05, 0) is 26.8 Å². The Morgan fingerprint density at radius 2 is 2.31 bits per heavy atom. The number of thioether (sulfide) groups is 1. The normalized spacial score (nSPS) is 22.5. The fraction of sp³-hybridized carbons (Fsp3) is 0.818. The highest BCUT2D eigenvalue weighted by Crippen LogP contribution is 2.25. The number of rotatable bonds is 3. The Labute approximate surface area is 86.3 Å². The van der Waals surface area contributed by atoms with Gasteiger partial charge in [0.05, 0.1) is 0 Å². The Balaban J connectivity index is 2.34. The fourth-order valence-corrected chi connectivity index (χ4v) is 2.85. The molecule has 1 aliphatic heterocycles. The van der Waals surface area contributed by atoms with Crippen molar-refractivity contribution < 1.29 is 0 Å². The van der Waals surface area contributed by atoms with Crippen LogP contribution in [0.4, 0.5) is 0 Å². The highest BCUT2D eigenvalue weighted by Gasteiger charge is 2.29. The van der Waals surface area contributed by atoms with E-state index < -0.39 is 0 Å². The summed E-state index contributed by atoms with van der Waals surface area (Å²) in [7, 11) is 0. The zero-order valence-corrected chi connectivity index (χ0v) is 9.49. The van der Waals surface area contributed by atoms with Crippen LogP contribution in [-0.4, -0.2) is 35.0 Å². The van der Waals surface area contributed by atoms with E-state index in [0.29, 0.717) is 5.54 Å². The van der Waals surface area contributed by atoms with E-state index in [1.54, 1.807) is 0 Å². The second kappa shape index (κ2) is 4.93. The predicted molar refractivity (Wildman–Crippen MR) is 61.0 cm³/mol. The van der Waals surface area contributed by atoms with Gasteiger partial charge < -0.3 is 0 Å². The number of terminal acetylenes is 1. The maximum atomic E-state index is 5.24. The van der Waals surface area contributed by atoms with Crippen LogP contribution in [0.2, 0.25) is 0 Å². The number of hydrogen-bond donors (Lipinski definition) is 0. The molecule has 1 aliphatic rings. The Kier molecular flexibility index (Phi) is 4.15. The van der Waals surface area contributed by atoms with Crippen LogP contribution in [0, 0.1) is 12.3 Å². The quantitative estimate of drug-likeness (QED) is 0.504. The lowest BCUT2D eigenvalue weighted by atomic mass is 10.0. The Morgan fingerprint density at radius 1 is 1.54 bits per heavy atom. The first kappa shape index (κ1) is 10.9. The minimum Gasteiger partial charge on any atom is -0.297 e. The van der Waals surface area contributed by atoms with Crippen molar-refractivity contribution in [2.24, 2.45) is 0 Å². The second-order valence-electron chi connectivity index (χ2n) is 4.16. The monoisotopic (exact) mass is 197 g/mol. The Morgan fingerprint density at radius 3 is 2.92 bits per heavy atom. The lowest BCUT2D eigenvalue weighted by Crippen LogP contribution is -2.50. The molecule has 1 heterocycles. The van der Waals surface area contributed by atoms with E-state index in [1.165, 1.54) is 18.1 Å². The van der Waals surface area contributed by atoms with Gasteiger partial charge in [0.15, 0.2) is 0 Å². The summed E-state index contributed by atoms with van der Waals surface area (Å²) in [5.41, 5.74) is 0.373. The summed E-state index contributed by atoms with van der Waals surface area (Å²) < 4.78 is 0. The van der Waals surface area contributed by atoms with Crippen LogP contribution < -0.4 is 0 Å². The van der Waals surface area contributed by atoms with Crippen LogP contribution >= 0.6 is 11.8 Å². The molecule has 0 spiro atoms. The van der Waals surface area contributed by atoms with Gasteiger partial charge in [0.1, 0.15) is 0 Å². The van der Waals surface area contributed by atoms with Gasteiger partial charge in [0.25, 0.3) is 0 Å². The number of hydrogen-bond acceptors (Lipinski definition) is 2. The molecule has 0 aromatic carbocycles. The SMILES string of the molecule is C#CCCCN1CCSCC1(C)C. The van der Waals surface area contributed by atoms with Gasteiger partial charge in [0.2, 0.25) is 0 Å². The third-order valence-corrected chi connectivity index (χ3v) is 3.95. The molecule has 1 saturated heterocycles. The standard InChI is InChI=1S/C11H19NS/c1-4-5-6-7-12-8-9-13-10-11(12,2)3/h1H,5-10H2,2-3H3. The van der Waals surface area contributed by atoms with Gasteiger partial charge in [-0.2, -0.15) is 11.8 Å². The topological polar surface area (TPSA) is 3.24 Å². The molecule has 1 rings (SSSR count). The third-order valence-electron chi connectivity index (χ3n) is 2.57. The zero-order chi connectivity index (χ0) is 9.73. The molecule has 0 saturated carbocycles. The molecule has 0 amide bonds. The van der Waals surface area contributed by atoms with Crippen molar-refractivity contribution in [2.45, 2.75) is 32.2 Å². The third kappa shape index (κ3) is 3.25. The molecular formula is C11H19NS. The van der Waals surface area contributed by atoms with Gasteiger partial charge in [-0.1, -0.05) is 0 Å². The highest BCUT2D eigenvalue weighted by atomic mass is 32.2. The lowest BCUT2D eigenvalue weighted by molar-refractivity contribution is 0.143. The molecule has 0 atom stereocenters. The first-order valence-corrected chi connectivity index (χ1v) is 6.08. The summed E-state index contributed by atoms with van der Waals surface area (Å²) in [4.78, 5) is 2.57. The van der Waals surface area contributed by atoms with Gasteiger partial charge >= 0.3 is 0 Å². The van der Waals surface area contributed by atoms with E-state index in [4.69, 9.17) is 6.42 Å². The molecule has 0 bridgehead atoms. The summed E-state index contributed by atoms with van der Waals surface area (Å²) in [5.74, 6) is 5.23. The Hall–Kier alpha value is -0.130. The van der Waals surface area contributed by atoms with Crippen LogP contribution in [0.25, 0.3) is 0 Å². The average molecular weight is 197 g/mol. The molecule has 0 N–H and O–H groups in total. The van der Waals surface area contributed by atoms with Crippen LogP contribution in [0.5, 0.6) is 0 Å². The van der Waals surface area contributed by atoms with Crippen LogP contribution in [0.15, 0.2) is 0 Å². The largest absolute Gasteiger partial charge is 0.297 e. The van der Waals surface area contributed by atoms with Crippen LogP contribution in [-0.2, 0) is 0 Å². The molecular weight excluding hydrogens is 178 g/mol. The summed E-state index contributed by atoms with van der Waals surface area (Å²) in [6.45, 7) is 7.05. The van der Waals surface area contributed by atoms with Crippen molar-refractivity contribution in [2.75, 3.05) is 24.6 Å². The van der Waals surface area contributed by atoms with Crippen LogP contribution in [0.3, 0.4) is 0 Å². The average Bonchev–Trinajstić information content (AvgIpc) is 2.08. The van der Waals surface area contributed by atoms with Gasteiger partial charge in [-0.3, -0.25) is 4.90 Å². The fourth-order valence-electron chi connectivity index (χ4n) is 1.68. The number of nitrogens with zero attached hydrogens (tertiary/aromatic N) is 1. The molecule has 13 heavy (non-hydrogen) atoms. The smallest absolute Gasteiger partial charge is 0.0243 e. The van der Waals surface area contributed by atoms with E-state index in [0.717, 1.165) is 19.4 Å². The maximum Gasteiger partial charge on any atom is 0.0243 e. The van der Waals surface area contributed by atoms with E-state index in [2.05, 4.69) is 36.4 Å². The van der Waals surface area contributed by atoms with Crippen molar-refractivity contribution in [1.29, 1.82) is 0 Å². The lowest BCUT2D eigenvalue weighted by Gasteiger charge is -2.42. The summed E-state index contributed by atoms with van der Waals surface area (Å²) >= 11 is 2.06. The molecule has 2 heteroatoms. The first-order chi connectivity index (χ1) is 6.17. The Bertz CT molecular complexity index is 193. The van der Waals surface area contributed by atoms with Crippen molar-refractivity contribution in [3.05, 3.63) is 0 Å². The van der Waals surface area contributed by atoms with E-state index in [9.17, 15) is 0 Å². The first-order valence-electron chi connectivity index (χ1n) is 4.93. The second-order valence-corrected chi connectivity index (χ2v) is 5.26. The molecule has 74 valence electrons. The van der Waals surface area contributed by atoms with E-state index in [1.807, 2.05) is 0 Å². The van der Waals surface area contributed by atoms with Crippen molar-refractivity contribution in [3.8, 4) is 12.3 Å². The van der Waals surface area contributed by atoms with Crippen molar-refractivity contribution >= 4 is 11.8 Å². The van der Waals surface area contributed by atoms with Crippen molar-refractivity contribution in [1.82, 2.24) is 4.90 Å². The highest BCUT2D eigenvalue weighted by molar-refractivity contribution is 7.99. The minimum absolute atomic E-state index is 0.373. The molecule has 1 fully saturated rings. The summed E-state index contributed by atoms with van der Waals surface area (Å²) in [6, 6.07) is 0.